The second-order valence-corrected chi connectivity index (χ2v) is 2.44. The van der Waals surface area contributed by atoms with Crippen molar-refractivity contribution in [2.75, 3.05) is 19.7 Å². The highest BCUT2D eigenvalue weighted by atomic mass is 16.5. The number of nitriles is 1. The third-order valence-electron chi connectivity index (χ3n) is 1.57. The SMILES string of the molecule is CCOC(=O)C(C#N)=C1NCCN1. The molecule has 0 spiro atoms. The van der Waals surface area contributed by atoms with E-state index in [4.69, 9.17) is 10.00 Å². The second kappa shape index (κ2) is 4.36. The molecule has 1 rings (SSSR count). The first-order valence-corrected chi connectivity index (χ1v) is 4.08. The van der Waals surface area contributed by atoms with E-state index in [1.165, 1.54) is 0 Å². The molecule has 1 aliphatic heterocycles. The number of hydrogen-bond acceptors (Lipinski definition) is 5. The van der Waals surface area contributed by atoms with Crippen molar-refractivity contribution >= 4 is 5.97 Å². The van der Waals surface area contributed by atoms with Crippen molar-refractivity contribution in [2.24, 2.45) is 0 Å². The van der Waals surface area contributed by atoms with Crippen LogP contribution in [0.15, 0.2) is 11.4 Å². The van der Waals surface area contributed by atoms with Crippen molar-refractivity contribution < 1.29 is 9.53 Å². The maximum Gasteiger partial charge on any atom is 0.352 e. The molecule has 0 radical (unpaired) electrons. The Balaban J connectivity index is 2.77. The summed E-state index contributed by atoms with van der Waals surface area (Å²) < 4.78 is 4.71. The molecule has 0 aromatic heterocycles. The Labute approximate surface area is 76.4 Å². The Bertz CT molecular complexity index is 270. The molecule has 0 atom stereocenters. The lowest BCUT2D eigenvalue weighted by Crippen LogP contribution is -2.19. The molecule has 5 nitrogen and oxygen atoms in total. The molecule has 13 heavy (non-hydrogen) atoms. The molecule has 0 aromatic rings. The molecule has 0 saturated carbocycles. The fourth-order valence-electron chi connectivity index (χ4n) is 1.02. The lowest BCUT2D eigenvalue weighted by molar-refractivity contribution is -0.138. The highest BCUT2D eigenvalue weighted by Gasteiger charge is 2.18. The van der Waals surface area contributed by atoms with Gasteiger partial charge in [-0.15, -0.1) is 0 Å². The van der Waals surface area contributed by atoms with Crippen LogP contribution in [0.1, 0.15) is 6.92 Å². The molecule has 0 amide bonds. The van der Waals surface area contributed by atoms with Crippen LogP contribution in [0.25, 0.3) is 0 Å². The van der Waals surface area contributed by atoms with Gasteiger partial charge in [0.15, 0.2) is 5.57 Å². The zero-order chi connectivity index (χ0) is 9.68. The minimum Gasteiger partial charge on any atom is -0.462 e. The second-order valence-electron chi connectivity index (χ2n) is 2.44. The van der Waals surface area contributed by atoms with Gasteiger partial charge in [-0.1, -0.05) is 0 Å². The third kappa shape index (κ3) is 2.12. The summed E-state index contributed by atoms with van der Waals surface area (Å²) in [6.07, 6.45) is 0. The van der Waals surface area contributed by atoms with Gasteiger partial charge in [-0.25, -0.2) is 4.79 Å². The third-order valence-corrected chi connectivity index (χ3v) is 1.57. The van der Waals surface area contributed by atoms with Crippen LogP contribution in [0.3, 0.4) is 0 Å². The summed E-state index contributed by atoms with van der Waals surface area (Å²) in [5.74, 6) is -0.108. The molecule has 1 saturated heterocycles. The van der Waals surface area contributed by atoms with Crippen molar-refractivity contribution in [3.05, 3.63) is 11.4 Å². The first-order valence-electron chi connectivity index (χ1n) is 4.08. The smallest absolute Gasteiger partial charge is 0.352 e. The number of carbonyl (C=O) groups excluding carboxylic acids is 1. The van der Waals surface area contributed by atoms with E-state index in [2.05, 4.69) is 10.6 Å². The molecule has 0 bridgehead atoms. The number of rotatable bonds is 2. The summed E-state index contributed by atoms with van der Waals surface area (Å²) in [7, 11) is 0. The van der Waals surface area contributed by atoms with Gasteiger partial charge in [0, 0.05) is 13.1 Å². The van der Waals surface area contributed by atoms with E-state index in [0.29, 0.717) is 5.82 Å². The van der Waals surface area contributed by atoms with Gasteiger partial charge >= 0.3 is 5.97 Å². The number of hydrogen-bond donors (Lipinski definition) is 2. The first-order chi connectivity index (χ1) is 6.29. The summed E-state index contributed by atoms with van der Waals surface area (Å²) in [4.78, 5) is 11.2. The molecule has 2 N–H and O–H groups in total. The van der Waals surface area contributed by atoms with Gasteiger partial charge in [0.25, 0.3) is 0 Å². The Morgan fingerprint density at radius 1 is 1.62 bits per heavy atom. The summed E-state index contributed by atoms with van der Waals surface area (Å²) in [5, 5.41) is 14.5. The Kier molecular flexibility index (Phi) is 3.15. The summed E-state index contributed by atoms with van der Waals surface area (Å²) in [5.41, 5.74) is 0.0133. The largest absolute Gasteiger partial charge is 0.462 e. The van der Waals surface area contributed by atoms with Gasteiger partial charge in [-0.05, 0) is 6.92 Å². The van der Waals surface area contributed by atoms with E-state index in [-0.39, 0.29) is 12.2 Å². The molecular formula is C8H11N3O2. The van der Waals surface area contributed by atoms with Crippen molar-refractivity contribution in [1.29, 1.82) is 5.26 Å². The van der Waals surface area contributed by atoms with Gasteiger partial charge in [0.2, 0.25) is 0 Å². The normalized spacial score (nSPS) is 14.0. The summed E-state index contributed by atoms with van der Waals surface area (Å²) in [6, 6.07) is 1.81. The number of nitrogens with one attached hydrogen (secondary N) is 2. The van der Waals surface area contributed by atoms with Crippen molar-refractivity contribution in [1.82, 2.24) is 10.6 Å². The highest BCUT2D eigenvalue weighted by Crippen LogP contribution is 2.03. The average molecular weight is 181 g/mol. The monoisotopic (exact) mass is 181 g/mol. The van der Waals surface area contributed by atoms with Crippen molar-refractivity contribution in [3.63, 3.8) is 0 Å². The van der Waals surface area contributed by atoms with E-state index < -0.39 is 5.97 Å². The standard InChI is InChI=1S/C8H11N3O2/c1-2-13-8(12)6(5-9)7-10-3-4-11-7/h10-11H,2-4H2,1H3. The van der Waals surface area contributed by atoms with E-state index in [9.17, 15) is 4.79 Å². The van der Waals surface area contributed by atoms with Gasteiger partial charge in [0.1, 0.15) is 11.9 Å². The number of nitrogens with zero attached hydrogens (tertiary/aromatic N) is 1. The van der Waals surface area contributed by atoms with Gasteiger partial charge in [-0.2, -0.15) is 5.26 Å². The maximum atomic E-state index is 11.2. The number of ether oxygens (including phenoxy) is 1. The minimum absolute atomic E-state index is 0.0133. The molecule has 0 unspecified atom stereocenters. The van der Waals surface area contributed by atoms with Crippen LogP contribution < -0.4 is 10.6 Å². The van der Waals surface area contributed by atoms with Crippen LogP contribution in [0.4, 0.5) is 0 Å². The maximum absolute atomic E-state index is 11.2. The topological polar surface area (TPSA) is 74.2 Å². The lowest BCUT2D eigenvalue weighted by atomic mass is 10.3. The molecule has 0 aromatic carbocycles. The molecule has 1 heterocycles. The Morgan fingerprint density at radius 3 is 2.69 bits per heavy atom. The molecule has 70 valence electrons. The van der Waals surface area contributed by atoms with Crippen LogP contribution in [0.2, 0.25) is 0 Å². The minimum atomic E-state index is -0.582. The average Bonchev–Trinajstić information content (AvgIpc) is 2.59. The highest BCUT2D eigenvalue weighted by molar-refractivity contribution is 5.93. The van der Waals surface area contributed by atoms with Crippen LogP contribution in [-0.2, 0) is 9.53 Å². The van der Waals surface area contributed by atoms with E-state index in [1.54, 1.807) is 6.92 Å². The Morgan fingerprint density at radius 2 is 2.23 bits per heavy atom. The molecule has 5 heteroatoms. The van der Waals surface area contributed by atoms with Crippen LogP contribution in [0, 0.1) is 11.3 Å². The fraction of sp³-hybridized carbons (Fsp3) is 0.500. The molecule has 1 fully saturated rings. The first kappa shape index (κ1) is 9.39. The van der Waals surface area contributed by atoms with E-state index in [1.807, 2.05) is 6.07 Å². The predicted molar refractivity (Wildman–Crippen MR) is 45.3 cm³/mol. The van der Waals surface area contributed by atoms with Crippen LogP contribution in [-0.4, -0.2) is 25.7 Å². The molecular weight excluding hydrogens is 170 g/mol. The van der Waals surface area contributed by atoms with Gasteiger partial charge in [-0.3, -0.25) is 0 Å². The van der Waals surface area contributed by atoms with Crippen LogP contribution in [0.5, 0.6) is 0 Å². The summed E-state index contributed by atoms with van der Waals surface area (Å²) in [6.45, 7) is 3.42. The quantitative estimate of drug-likeness (QED) is 0.340. The van der Waals surface area contributed by atoms with Crippen molar-refractivity contribution in [3.8, 4) is 6.07 Å². The summed E-state index contributed by atoms with van der Waals surface area (Å²) >= 11 is 0. The fourth-order valence-corrected chi connectivity index (χ4v) is 1.02. The zero-order valence-electron chi connectivity index (χ0n) is 7.39. The lowest BCUT2D eigenvalue weighted by Gasteiger charge is -2.03. The predicted octanol–water partition coefficient (Wildman–Crippen LogP) is -0.523. The number of carbonyl (C=O) groups is 1. The molecule has 0 aliphatic carbocycles. The van der Waals surface area contributed by atoms with E-state index >= 15 is 0 Å². The zero-order valence-corrected chi connectivity index (χ0v) is 7.39. The van der Waals surface area contributed by atoms with Gasteiger partial charge in [0.05, 0.1) is 6.61 Å². The molecule has 1 aliphatic rings. The Hall–Kier alpha value is -1.70. The number of esters is 1. The van der Waals surface area contributed by atoms with E-state index in [0.717, 1.165) is 13.1 Å². The van der Waals surface area contributed by atoms with Gasteiger partial charge < -0.3 is 15.4 Å². The van der Waals surface area contributed by atoms with Crippen molar-refractivity contribution in [2.45, 2.75) is 6.92 Å². The van der Waals surface area contributed by atoms with Crippen LogP contribution >= 0.6 is 0 Å².